The normalized spacial score (nSPS) is 16.5. The van der Waals surface area contributed by atoms with Crippen LogP contribution in [0.15, 0.2) is 17.2 Å². The van der Waals surface area contributed by atoms with Crippen molar-refractivity contribution < 1.29 is 9.53 Å². The van der Waals surface area contributed by atoms with E-state index in [1.165, 1.54) is 4.57 Å². The molecular weight excluding hydrogens is 284 g/mol. The summed E-state index contributed by atoms with van der Waals surface area (Å²) in [6.07, 6.45) is 4.40. The van der Waals surface area contributed by atoms with Crippen molar-refractivity contribution in [1.82, 2.24) is 14.9 Å². The molecule has 122 valence electrons. The zero-order valence-electron chi connectivity index (χ0n) is 13.6. The molecule has 2 rings (SSSR count). The fourth-order valence-corrected chi connectivity index (χ4v) is 2.41. The lowest BCUT2D eigenvalue weighted by Crippen LogP contribution is -2.47. The predicted octanol–water partition coefficient (Wildman–Crippen LogP) is 1.27. The highest BCUT2D eigenvalue weighted by atomic mass is 16.6. The molecule has 1 fully saturated rings. The molecule has 1 aliphatic rings. The average molecular weight is 308 g/mol. The van der Waals surface area contributed by atoms with Crippen LogP contribution in [0.5, 0.6) is 0 Å². The number of amides is 1. The summed E-state index contributed by atoms with van der Waals surface area (Å²) in [7, 11) is 1.71. The second-order valence-corrected chi connectivity index (χ2v) is 6.57. The topological polar surface area (TPSA) is 76.5 Å². The largest absolute Gasteiger partial charge is 0.444 e. The van der Waals surface area contributed by atoms with Crippen molar-refractivity contribution in [2.45, 2.75) is 45.3 Å². The first-order valence-electron chi connectivity index (χ1n) is 7.52. The van der Waals surface area contributed by atoms with Gasteiger partial charge in [-0.15, -0.1) is 0 Å². The van der Waals surface area contributed by atoms with E-state index >= 15 is 0 Å². The van der Waals surface area contributed by atoms with Gasteiger partial charge in [0.2, 0.25) is 0 Å². The van der Waals surface area contributed by atoms with Crippen LogP contribution in [0.25, 0.3) is 0 Å². The summed E-state index contributed by atoms with van der Waals surface area (Å²) in [6, 6.07) is 0.0682. The maximum Gasteiger partial charge on any atom is 0.407 e. The van der Waals surface area contributed by atoms with Crippen LogP contribution in [0.4, 0.5) is 10.6 Å². The number of hydrogen-bond acceptors (Lipinski definition) is 5. The molecule has 0 unspecified atom stereocenters. The van der Waals surface area contributed by atoms with Crippen LogP contribution >= 0.6 is 0 Å². The van der Waals surface area contributed by atoms with Gasteiger partial charge in [-0.2, -0.15) is 0 Å². The molecule has 0 spiro atoms. The van der Waals surface area contributed by atoms with Gasteiger partial charge >= 0.3 is 6.09 Å². The van der Waals surface area contributed by atoms with E-state index in [1.54, 1.807) is 19.4 Å². The number of rotatable bonds is 2. The Morgan fingerprint density at radius 1 is 1.36 bits per heavy atom. The molecule has 1 amide bonds. The molecule has 1 N–H and O–H groups in total. The van der Waals surface area contributed by atoms with Crippen molar-refractivity contribution in [2.75, 3.05) is 18.0 Å². The summed E-state index contributed by atoms with van der Waals surface area (Å²) in [4.78, 5) is 30.0. The third kappa shape index (κ3) is 4.22. The van der Waals surface area contributed by atoms with E-state index in [2.05, 4.69) is 10.3 Å². The third-order valence-electron chi connectivity index (χ3n) is 3.51. The Bertz CT molecular complexity index is 583. The number of carbonyl (C=O) groups excluding carboxylic acids is 1. The first-order chi connectivity index (χ1) is 10.3. The smallest absolute Gasteiger partial charge is 0.407 e. The fraction of sp³-hybridized carbons (Fsp3) is 0.667. The summed E-state index contributed by atoms with van der Waals surface area (Å²) in [5.41, 5.74) is -0.591. The number of aryl methyl sites for hydroxylation is 1. The molecule has 0 aromatic carbocycles. The second-order valence-electron chi connectivity index (χ2n) is 6.57. The summed E-state index contributed by atoms with van der Waals surface area (Å²) in [5.74, 6) is 0.473. The Balaban J connectivity index is 1.89. The highest BCUT2D eigenvalue weighted by molar-refractivity contribution is 5.68. The van der Waals surface area contributed by atoms with Crippen LogP contribution in [0, 0.1) is 0 Å². The van der Waals surface area contributed by atoms with E-state index in [0.717, 1.165) is 12.8 Å². The van der Waals surface area contributed by atoms with Crippen molar-refractivity contribution in [3.63, 3.8) is 0 Å². The molecule has 0 bridgehead atoms. The number of anilines is 1. The van der Waals surface area contributed by atoms with Crippen LogP contribution in [0.1, 0.15) is 33.6 Å². The Morgan fingerprint density at radius 2 is 2.00 bits per heavy atom. The number of nitrogens with zero attached hydrogens (tertiary/aromatic N) is 3. The summed E-state index contributed by atoms with van der Waals surface area (Å²) in [6.45, 7) is 6.89. The van der Waals surface area contributed by atoms with Crippen LogP contribution in [-0.4, -0.2) is 40.4 Å². The summed E-state index contributed by atoms with van der Waals surface area (Å²) < 4.78 is 6.78. The second kappa shape index (κ2) is 6.37. The Labute approximate surface area is 130 Å². The number of ether oxygens (including phenoxy) is 1. The minimum absolute atomic E-state index is 0.0682. The monoisotopic (exact) mass is 308 g/mol. The number of alkyl carbamates (subject to hydrolysis) is 1. The fourth-order valence-electron chi connectivity index (χ4n) is 2.41. The molecule has 1 aromatic heterocycles. The molecule has 1 saturated heterocycles. The molecule has 0 radical (unpaired) electrons. The van der Waals surface area contributed by atoms with Crippen molar-refractivity contribution in [3.8, 4) is 0 Å². The van der Waals surface area contributed by atoms with Crippen molar-refractivity contribution in [3.05, 3.63) is 22.7 Å². The maximum atomic E-state index is 12.1. The standard InChI is InChI=1S/C15H24N4O3/c1-15(2,3)22-14(21)17-11-5-8-19(9-6-11)12-13(20)18(4)10-7-16-12/h7,10-11H,5-6,8-9H2,1-4H3,(H,17,21). The highest BCUT2D eigenvalue weighted by Crippen LogP contribution is 2.15. The number of nitrogens with one attached hydrogen (secondary N) is 1. The molecular formula is C15H24N4O3. The number of carbonyl (C=O) groups is 1. The zero-order valence-corrected chi connectivity index (χ0v) is 13.6. The van der Waals surface area contributed by atoms with Gasteiger partial charge in [-0.05, 0) is 33.6 Å². The van der Waals surface area contributed by atoms with Crippen molar-refractivity contribution in [2.24, 2.45) is 7.05 Å². The predicted molar refractivity (Wildman–Crippen MR) is 84.1 cm³/mol. The Kier molecular flexibility index (Phi) is 4.73. The molecule has 7 nitrogen and oxygen atoms in total. The molecule has 1 aromatic rings. The van der Waals surface area contributed by atoms with Crippen molar-refractivity contribution >= 4 is 11.9 Å². The Hall–Kier alpha value is -2.05. The zero-order chi connectivity index (χ0) is 16.3. The van der Waals surface area contributed by atoms with Crippen LogP contribution in [0.2, 0.25) is 0 Å². The molecule has 2 heterocycles. The van der Waals surface area contributed by atoms with Gasteiger partial charge in [0.1, 0.15) is 5.60 Å². The van der Waals surface area contributed by atoms with E-state index in [-0.39, 0.29) is 17.7 Å². The third-order valence-corrected chi connectivity index (χ3v) is 3.51. The van der Waals surface area contributed by atoms with E-state index in [4.69, 9.17) is 4.74 Å². The van der Waals surface area contributed by atoms with Crippen LogP contribution in [-0.2, 0) is 11.8 Å². The van der Waals surface area contributed by atoms with Gasteiger partial charge in [0.05, 0.1) is 0 Å². The first kappa shape index (κ1) is 16.3. The maximum absolute atomic E-state index is 12.1. The lowest BCUT2D eigenvalue weighted by molar-refractivity contribution is 0.0497. The van der Waals surface area contributed by atoms with Gasteiger partial charge in [0, 0.05) is 38.6 Å². The SMILES string of the molecule is Cn1ccnc(N2CCC(NC(=O)OC(C)(C)C)CC2)c1=O. The van der Waals surface area contributed by atoms with Gasteiger partial charge in [-0.1, -0.05) is 0 Å². The van der Waals surface area contributed by atoms with Gasteiger partial charge in [0.25, 0.3) is 5.56 Å². The van der Waals surface area contributed by atoms with Gasteiger partial charge in [-0.25, -0.2) is 9.78 Å². The molecule has 7 heteroatoms. The highest BCUT2D eigenvalue weighted by Gasteiger charge is 2.25. The van der Waals surface area contributed by atoms with Crippen LogP contribution < -0.4 is 15.8 Å². The quantitative estimate of drug-likeness (QED) is 0.890. The lowest BCUT2D eigenvalue weighted by atomic mass is 10.1. The molecule has 0 saturated carbocycles. The molecule has 0 atom stereocenters. The number of aromatic nitrogens is 2. The van der Waals surface area contributed by atoms with Crippen LogP contribution in [0.3, 0.4) is 0 Å². The molecule has 1 aliphatic heterocycles. The Morgan fingerprint density at radius 3 is 2.59 bits per heavy atom. The molecule has 22 heavy (non-hydrogen) atoms. The lowest BCUT2D eigenvalue weighted by Gasteiger charge is -2.33. The van der Waals surface area contributed by atoms with E-state index < -0.39 is 5.60 Å². The number of piperidine rings is 1. The van der Waals surface area contributed by atoms with Gasteiger partial charge in [-0.3, -0.25) is 4.79 Å². The van der Waals surface area contributed by atoms with E-state index in [9.17, 15) is 9.59 Å². The van der Waals surface area contributed by atoms with Gasteiger partial charge in [0.15, 0.2) is 5.82 Å². The number of hydrogen-bond donors (Lipinski definition) is 1. The van der Waals surface area contributed by atoms with Crippen molar-refractivity contribution in [1.29, 1.82) is 0 Å². The van der Waals surface area contributed by atoms with Gasteiger partial charge < -0.3 is 19.5 Å². The molecule has 0 aliphatic carbocycles. The van der Waals surface area contributed by atoms with E-state index in [1.807, 2.05) is 25.7 Å². The average Bonchev–Trinajstić information content (AvgIpc) is 2.41. The minimum atomic E-state index is -0.495. The van der Waals surface area contributed by atoms with E-state index in [0.29, 0.717) is 18.9 Å². The first-order valence-corrected chi connectivity index (χ1v) is 7.52. The minimum Gasteiger partial charge on any atom is -0.444 e. The summed E-state index contributed by atoms with van der Waals surface area (Å²) in [5, 5.41) is 2.88. The summed E-state index contributed by atoms with van der Waals surface area (Å²) >= 11 is 0.